The fourth-order valence-corrected chi connectivity index (χ4v) is 2.28. The van der Waals surface area contributed by atoms with Crippen LogP contribution in [0.15, 0.2) is 40.6 Å². The summed E-state index contributed by atoms with van der Waals surface area (Å²) in [6.07, 6.45) is 3.47. The normalized spacial score (nSPS) is 10.3. The van der Waals surface area contributed by atoms with Crippen molar-refractivity contribution in [2.75, 3.05) is 12.3 Å². The van der Waals surface area contributed by atoms with Gasteiger partial charge in [0.2, 0.25) is 0 Å². The summed E-state index contributed by atoms with van der Waals surface area (Å²) in [6.45, 7) is 4.03. The van der Waals surface area contributed by atoms with Crippen molar-refractivity contribution in [3.05, 3.63) is 41.7 Å². The van der Waals surface area contributed by atoms with Gasteiger partial charge in [-0.2, -0.15) is 0 Å². The Morgan fingerprint density at radius 3 is 2.70 bits per heavy atom. The van der Waals surface area contributed by atoms with Gasteiger partial charge < -0.3 is 10.5 Å². The minimum atomic E-state index is -0.362. The Hall–Kier alpha value is -2.08. The molecule has 1 aromatic carbocycles. The second kappa shape index (κ2) is 6.38. The number of benzene rings is 1. The highest BCUT2D eigenvalue weighted by Crippen LogP contribution is 2.30. The Morgan fingerprint density at radius 2 is 2.05 bits per heavy atom. The highest BCUT2D eigenvalue weighted by molar-refractivity contribution is 7.99. The summed E-state index contributed by atoms with van der Waals surface area (Å²) in [5.74, 6) is -0.362. The fourth-order valence-electron chi connectivity index (χ4n) is 1.50. The second-order valence-electron chi connectivity index (χ2n) is 4.12. The molecule has 0 aliphatic rings. The first kappa shape index (κ1) is 14.3. The van der Waals surface area contributed by atoms with E-state index in [4.69, 9.17) is 10.5 Å². The van der Waals surface area contributed by atoms with Gasteiger partial charge in [0.15, 0.2) is 5.16 Å². The SMILES string of the molecule is CCOC(=O)c1ccc(N)c(Sc2ncc(C)cn2)c1. The van der Waals surface area contributed by atoms with Gasteiger partial charge in [0.25, 0.3) is 0 Å². The van der Waals surface area contributed by atoms with Crippen LogP contribution in [-0.4, -0.2) is 22.5 Å². The van der Waals surface area contributed by atoms with Gasteiger partial charge in [-0.05, 0) is 49.4 Å². The maximum absolute atomic E-state index is 11.7. The number of ether oxygens (including phenoxy) is 1. The lowest BCUT2D eigenvalue weighted by Gasteiger charge is -2.07. The highest BCUT2D eigenvalue weighted by Gasteiger charge is 2.11. The molecule has 5 nitrogen and oxygen atoms in total. The zero-order valence-corrected chi connectivity index (χ0v) is 12.1. The zero-order chi connectivity index (χ0) is 14.5. The molecule has 2 rings (SSSR count). The molecule has 0 amide bonds. The number of carbonyl (C=O) groups excluding carboxylic acids is 1. The van der Waals surface area contributed by atoms with E-state index in [-0.39, 0.29) is 5.97 Å². The van der Waals surface area contributed by atoms with E-state index in [2.05, 4.69) is 9.97 Å². The molecule has 0 unspecified atom stereocenters. The minimum absolute atomic E-state index is 0.340. The van der Waals surface area contributed by atoms with Crippen molar-refractivity contribution >= 4 is 23.4 Å². The topological polar surface area (TPSA) is 78.1 Å². The first-order valence-electron chi connectivity index (χ1n) is 6.13. The van der Waals surface area contributed by atoms with E-state index in [1.807, 2.05) is 6.92 Å². The Labute approximate surface area is 121 Å². The first-order chi connectivity index (χ1) is 9.60. The van der Waals surface area contributed by atoms with E-state index in [1.165, 1.54) is 11.8 Å². The van der Waals surface area contributed by atoms with Crippen molar-refractivity contribution in [1.29, 1.82) is 0 Å². The largest absolute Gasteiger partial charge is 0.462 e. The zero-order valence-electron chi connectivity index (χ0n) is 11.3. The third kappa shape index (κ3) is 3.48. The summed E-state index contributed by atoms with van der Waals surface area (Å²) < 4.78 is 4.97. The van der Waals surface area contributed by atoms with E-state index in [9.17, 15) is 4.79 Å². The van der Waals surface area contributed by atoms with Gasteiger partial charge in [-0.3, -0.25) is 0 Å². The lowest BCUT2D eigenvalue weighted by atomic mass is 10.2. The highest BCUT2D eigenvalue weighted by atomic mass is 32.2. The monoisotopic (exact) mass is 289 g/mol. The lowest BCUT2D eigenvalue weighted by Crippen LogP contribution is -2.05. The number of aromatic nitrogens is 2. The Morgan fingerprint density at radius 1 is 1.35 bits per heavy atom. The van der Waals surface area contributed by atoms with E-state index >= 15 is 0 Å². The summed E-state index contributed by atoms with van der Waals surface area (Å²) in [5, 5.41) is 0.586. The van der Waals surface area contributed by atoms with Crippen LogP contribution in [0.25, 0.3) is 0 Å². The van der Waals surface area contributed by atoms with Gasteiger partial charge >= 0.3 is 5.97 Å². The van der Waals surface area contributed by atoms with Crippen LogP contribution in [0, 0.1) is 6.92 Å². The summed E-state index contributed by atoms with van der Waals surface area (Å²) in [7, 11) is 0. The molecule has 1 aromatic heterocycles. The standard InChI is InChI=1S/C14H15N3O2S/c1-3-19-13(18)10-4-5-11(15)12(6-10)20-14-16-7-9(2)8-17-14/h4-8H,3,15H2,1-2H3. The third-order valence-corrected chi connectivity index (χ3v) is 3.45. The third-order valence-electron chi connectivity index (χ3n) is 2.48. The summed E-state index contributed by atoms with van der Waals surface area (Å²) in [5.41, 5.74) is 7.95. The van der Waals surface area contributed by atoms with Crippen molar-refractivity contribution in [3.63, 3.8) is 0 Å². The fraction of sp³-hybridized carbons (Fsp3) is 0.214. The van der Waals surface area contributed by atoms with Gasteiger partial charge in [-0.25, -0.2) is 14.8 Å². The number of hydrogen-bond acceptors (Lipinski definition) is 6. The van der Waals surface area contributed by atoms with Crippen LogP contribution in [0.5, 0.6) is 0 Å². The first-order valence-corrected chi connectivity index (χ1v) is 6.95. The predicted molar refractivity (Wildman–Crippen MR) is 77.7 cm³/mol. The molecule has 0 bridgehead atoms. The molecule has 0 fully saturated rings. The summed E-state index contributed by atoms with van der Waals surface area (Å²) in [6, 6.07) is 5.03. The lowest BCUT2D eigenvalue weighted by molar-refractivity contribution is 0.0526. The maximum atomic E-state index is 11.7. The molecule has 0 radical (unpaired) electrons. The van der Waals surface area contributed by atoms with E-state index in [1.54, 1.807) is 37.5 Å². The molecule has 104 valence electrons. The number of hydrogen-bond donors (Lipinski definition) is 1. The Kier molecular flexibility index (Phi) is 4.57. The number of rotatable bonds is 4. The molecule has 2 N–H and O–H groups in total. The Balaban J connectivity index is 2.24. The molecule has 0 saturated heterocycles. The number of carbonyl (C=O) groups is 1. The summed E-state index contributed by atoms with van der Waals surface area (Å²) >= 11 is 1.32. The van der Waals surface area contributed by atoms with Crippen LogP contribution >= 0.6 is 11.8 Å². The van der Waals surface area contributed by atoms with Gasteiger partial charge in [0.05, 0.1) is 12.2 Å². The van der Waals surface area contributed by atoms with Gasteiger partial charge in [0, 0.05) is 23.0 Å². The van der Waals surface area contributed by atoms with Crippen LogP contribution in [0.2, 0.25) is 0 Å². The van der Waals surface area contributed by atoms with Crippen molar-refractivity contribution in [2.24, 2.45) is 0 Å². The van der Waals surface area contributed by atoms with E-state index < -0.39 is 0 Å². The summed E-state index contributed by atoms with van der Waals surface area (Å²) in [4.78, 5) is 20.8. The van der Waals surface area contributed by atoms with Crippen LogP contribution < -0.4 is 5.73 Å². The quantitative estimate of drug-likeness (QED) is 0.529. The van der Waals surface area contributed by atoms with Crippen LogP contribution in [0.3, 0.4) is 0 Å². The van der Waals surface area contributed by atoms with Crippen LogP contribution in [-0.2, 0) is 4.74 Å². The molecule has 0 spiro atoms. The number of aryl methyl sites for hydroxylation is 1. The van der Waals surface area contributed by atoms with Gasteiger partial charge in [-0.15, -0.1) is 0 Å². The van der Waals surface area contributed by atoms with Crippen LogP contribution in [0.1, 0.15) is 22.8 Å². The number of esters is 1. The predicted octanol–water partition coefficient (Wildman–Crippen LogP) is 2.70. The number of nitrogens with zero attached hydrogens (tertiary/aromatic N) is 2. The van der Waals surface area contributed by atoms with Crippen molar-refractivity contribution in [3.8, 4) is 0 Å². The van der Waals surface area contributed by atoms with Gasteiger partial charge in [0.1, 0.15) is 0 Å². The number of anilines is 1. The van der Waals surface area contributed by atoms with Crippen LogP contribution in [0.4, 0.5) is 5.69 Å². The molecule has 1 heterocycles. The molecule has 0 saturated carbocycles. The average Bonchev–Trinajstić information content (AvgIpc) is 2.44. The number of nitrogen functional groups attached to an aromatic ring is 1. The average molecular weight is 289 g/mol. The van der Waals surface area contributed by atoms with Crippen molar-refractivity contribution in [2.45, 2.75) is 23.9 Å². The van der Waals surface area contributed by atoms with Crippen molar-refractivity contribution in [1.82, 2.24) is 9.97 Å². The minimum Gasteiger partial charge on any atom is -0.462 e. The molecule has 20 heavy (non-hydrogen) atoms. The van der Waals surface area contributed by atoms with E-state index in [0.29, 0.717) is 23.0 Å². The Bertz CT molecular complexity index is 614. The second-order valence-corrected chi connectivity index (χ2v) is 5.13. The number of nitrogens with two attached hydrogens (primary N) is 1. The van der Waals surface area contributed by atoms with E-state index in [0.717, 1.165) is 10.5 Å². The molecule has 0 aliphatic heterocycles. The van der Waals surface area contributed by atoms with Crippen molar-refractivity contribution < 1.29 is 9.53 Å². The molecule has 2 aromatic rings. The molecule has 0 atom stereocenters. The molecular formula is C14H15N3O2S. The van der Waals surface area contributed by atoms with Gasteiger partial charge in [-0.1, -0.05) is 0 Å². The molecular weight excluding hydrogens is 274 g/mol. The molecule has 0 aliphatic carbocycles. The maximum Gasteiger partial charge on any atom is 0.338 e. The molecule has 6 heteroatoms. The smallest absolute Gasteiger partial charge is 0.338 e.